The van der Waals surface area contributed by atoms with Crippen LogP contribution >= 0.6 is 11.3 Å². The lowest BCUT2D eigenvalue weighted by Crippen LogP contribution is -2.39. The summed E-state index contributed by atoms with van der Waals surface area (Å²) in [6, 6.07) is 0.195. The van der Waals surface area contributed by atoms with E-state index in [1.54, 1.807) is 10.9 Å². The molecular formula is C15H21N5OS. The number of carbonyl (C=O) groups is 1. The molecule has 1 saturated carbocycles. The van der Waals surface area contributed by atoms with Crippen molar-refractivity contribution >= 4 is 17.2 Å². The maximum atomic E-state index is 12.5. The summed E-state index contributed by atoms with van der Waals surface area (Å²) in [6.45, 7) is 2.51. The zero-order valence-electron chi connectivity index (χ0n) is 12.9. The predicted octanol–water partition coefficient (Wildman–Crippen LogP) is 1.71. The van der Waals surface area contributed by atoms with Gasteiger partial charge < -0.3 is 11.1 Å². The molecule has 3 rings (SSSR count). The molecule has 6 nitrogen and oxygen atoms in total. The third-order valence-electron chi connectivity index (χ3n) is 4.23. The van der Waals surface area contributed by atoms with Crippen LogP contribution in [0.2, 0.25) is 0 Å². The van der Waals surface area contributed by atoms with Gasteiger partial charge in [-0.2, -0.15) is 5.10 Å². The summed E-state index contributed by atoms with van der Waals surface area (Å²) in [6.07, 6.45) is 6.92. The van der Waals surface area contributed by atoms with Crippen molar-refractivity contribution in [2.45, 2.75) is 32.2 Å². The van der Waals surface area contributed by atoms with Gasteiger partial charge in [0.2, 0.25) is 0 Å². The Bertz CT molecular complexity index is 677. The number of nitrogens with zero attached hydrogens (tertiary/aromatic N) is 3. The zero-order valence-corrected chi connectivity index (χ0v) is 13.7. The smallest absolute Gasteiger partial charge is 0.263 e. The highest BCUT2D eigenvalue weighted by molar-refractivity contribution is 7.17. The maximum absolute atomic E-state index is 12.5. The Kier molecular flexibility index (Phi) is 4.26. The van der Waals surface area contributed by atoms with Gasteiger partial charge in [0.25, 0.3) is 5.91 Å². The molecule has 0 bridgehead atoms. The lowest BCUT2D eigenvalue weighted by Gasteiger charge is -2.19. The van der Waals surface area contributed by atoms with Gasteiger partial charge in [-0.3, -0.25) is 9.48 Å². The summed E-state index contributed by atoms with van der Waals surface area (Å²) in [7, 11) is 1.87. The SMILES string of the molecule is Cc1nc(-c2cnn(C)c2)sc1C(=O)NC1CCCC1CN. The fourth-order valence-corrected chi connectivity index (χ4v) is 3.95. The monoisotopic (exact) mass is 319 g/mol. The molecule has 1 amide bonds. The minimum absolute atomic E-state index is 0.0320. The van der Waals surface area contributed by atoms with Crippen molar-refractivity contribution in [2.24, 2.45) is 18.7 Å². The zero-order chi connectivity index (χ0) is 15.7. The van der Waals surface area contributed by atoms with Crippen molar-refractivity contribution in [1.29, 1.82) is 0 Å². The summed E-state index contributed by atoms with van der Waals surface area (Å²) in [5, 5.41) is 8.12. The first-order valence-electron chi connectivity index (χ1n) is 7.56. The van der Waals surface area contributed by atoms with Crippen LogP contribution in [0.1, 0.15) is 34.6 Å². The molecule has 7 heteroatoms. The van der Waals surface area contributed by atoms with Gasteiger partial charge in [0, 0.05) is 24.8 Å². The normalized spacial score (nSPS) is 21.2. The van der Waals surface area contributed by atoms with Gasteiger partial charge in [0.15, 0.2) is 0 Å². The average Bonchev–Trinajstić information content (AvgIpc) is 3.18. The second kappa shape index (κ2) is 6.18. The molecule has 0 radical (unpaired) electrons. The number of aromatic nitrogens is 3. The molecular weight excluding hydrogens is 298 g/mol. The Hall–Kier alpha value is -1.73. The molecule has 2 heterocycles. The van der Waals surface area contributed by atoms with E-state index in [-0.39, 0.29) is 11.9 Å². The van der Waals surface area contributed by atoms with Crippen molar-refractivity contribution in [3.8, 4) is 10.6 Å². The van der Waals surface area contributed by atoms with Crippen LogP contribution in [0.3, 0.4) is 0 Å². The molecule has 0 aromatic carbocycles. The number of hydrogen-bond donors (Lipinski definition) is 2. The Labute approximate surface area is 133 Å². The second-order valence-corrected chi connectivity index (χ2v) is 6.84. The van der Waals surface area contributed by atoms with Crippen LogP contribution in [0.25, 0.3) is 10.6 Å². The maximum Gasteiger partial charge on any atom is 0.263 e. The van der Waals surface area contributed by atoms with Crippen LogP contribution in [-0.2, 0) is 7.05 Å². The first-order valence-corrected chi connectivity index (χ1v) is 8.37. The molecule has 0 saturated heterocycles. The lowest BCUT2D eigenvalue weighted by molar-refractivity contribution is 0.0932. The molecule has 2 unspecified atom stereocenters. The predicted molar refractivity (Wildman–Crippen MR) is 86.7 cm³/mol. The average molecular weight is 319 g/mol. The fourth-order valence-electron chi connectivity index (χ4n) is 3.01. The van der Waals surface area contributed by atoms with Gasteiger partial charge in [-0.25, -0.2) is 4.98 Å². The van der Waals surface area contributed by atoms with Crippen LogP contribution in [0.15, 0.2) is 12.4 Å². The number of nitrogens with two attached hydrogens (primary N) is 1. The molecule has 2 aromatic rings. The topological polar surface area (TPSA) is 85.8 Å². The third-order valence-corrected chi connectivity index (χ3v) is 5.44. The highest BCUT2D eigenvalue weighted by Gasteiger charge is 2.28. The number of thiazole rings is 1. The van der Waals surface area contributed by atoms with Gasteiger partial charge in [-0.1, -0.05) is 6.42 Å². The van der Waals surface area contributed by atoms with Gasteiger partial charge >= 0.3 is 0 Å². The van der Waals surface area contributed by atoms with E-state index in [0.29, 0.717) is 17.3 Å². The van der Waals surface area contributed by atoms with E-state index in [2.05, 4.69) is 15.4 Å². The molecule has 0 aliphatic heterocycles. The van der Waals surface area contributed by atoms with Crippen molar-refractivity contribution in [3.63, 3.8) is 0 Å². The Balaban J connectivity index is 1.77. The van der Waals surface area contributed by atoms with Crippen LogP contribution in [0.4, 0.5) is 0 Å². The largest absolute Gasteiger partial charge is 0.348 e. The molecule has 1 fully saturated rings. The van der Waals surface area contributed by atoms with Crippen molar-refractivity contribution in [1.82, 2.24) is 20.1 Å². The quantitative estimate of drug-likeness (QED) is 0.898. The molecule has 1 aliphatic rings. The van der Waals surface area contributed by atoms with E-state index in [1.165, 1.54) is 11.3 Å². The molecule has 1 aliphatic carbocycles. The molecule has 0 spiro atoms. The highest BCUT2D eigenvalue weighted by atomic mass is 32.1. The van der Waals surface area contributed by atoms with Crippen molar-refractivity contribution in [2.75, 3.05) is 6.54 Å². The molecule has 2 aromatic heterocycles. The van der Waals surface area contributed by atoms with Crippen LogP contribution in [0.5, 0.6) is 0 Å². The number of rotatable bonds is 4. The number of hydrogen-bond acceptors (Lipinski definition) is 5. The van der Waals surface area contributed by atoms with E-state index in [4.69, 9.17) is 5.73 Å². The number of carbonyl (C=O) groups excluding carboxylic acids is 1. The standard InChI is InChI=1S/C15H21N5OS/c1-9-13(14(21)19-12-5-3-4-10(12)6-16)22-15(18-9)11-7-17-20(2)8-11/h7-8,10,12H,3-6,16H2,1-2H3,(H,19,21). The Morgan fingerprint density at radius 2 is 2.36 bits per heavy atom. The minimum atomic E-state index is -0.0320. The summed E-state index contributed by atoms with van der Waals surface area (Å²) < 4.78 is 1.73. The first kappa shape index (κ1) is 15.2. The van der Waals surface area contributed by atoms with Gasteiger partial charge in [-0.05, 0) is 32.2 Å². The van der Waals surface area contributed by atoms with E-state index in [1.807, 2.05) is 20.2 Å². The molecule has 3 N–H and O–H groups in total. The molecule has 118 valence electrons. The first-order chi connectivity index (χ1) is 10.6. The third kappa shape index (κ3) is 2.91. The number of aryl methyl sites for hydroxylation is 2. The summed E-state index contributed by atoms with van der Waals surface area (Å²) in [4.78, 5) is 17.7. The van der Waals surface area contributed by atoms with Gasteiger partial charge in [-0.15, -0.1) is 11.3 Å². The Morgan fingerprint density at radius 1 is 1.55 bits per heavy atom. The second-order valence-electron chi connectivity index (χ2n) is 5.84. The molecule has 22 heavy (non-hydrogen) atoms. The summed E-state index contributed by atoms with van der Waals surface area (Å²) in [5.41, 5.74) is 7.49. The van der Waals surface area contributed by atoms with Gasteiger partial charge in [0.05, 0.1) is 11.9 Å². The van der Waals surface area contributed by atoms with E-state index in [0.717, 1.165) is 35.5 Å². The van der Waals surface area contributed by atoms with E-state index < -0.39 is 0 Å². The van der Waals surface area contributed by atoms with Gasteiger partial charge in [0.1, 0.15) is 9.88 Å². The molecule has 2 atom stereocenters. The fraction of sp³-hybridized carbons (Fsp3) is 0.533. The van der Waals surface area contributed by atoms with Crippen molar-refractivity contribution < 1.29 is 4.79 Å². The summed E-state index contributed by atoms with van der Waals surface area (Å²) in [5.74, 6) is 0.366. The highest BCUT2D eigenvalue weighted by Crippen LogP contribution is 2.29. The minimum Gasteiger partial charge on any atom is -0.348 e. The van der Waals surface area contributed by atoms with Crippen LogP contribution in [0, 0.1) is 12.8 Å². The van der Waals surface area contributed by atoms with E-state index >= 15 is 0 Å². The van der Waals surface area contributed by atoms with E-state index in [9.17, 15) is 4.79 Å². The number of amides is 1. The lowest BCUT2D eigenvalue weighted by atomic mass is 10.0. The van der Waals surface area contributed by atoms with Crippen LogP contribution < -0.4 is 11.1 Å². The Morgan fingerprint density at radius 3 is 3.05 bits per heavy atom. The van der Waals surface area contributed by atoms with Crippen LogP contribution in [-0.4, -0.2) is 33.3 Å². The van der Waals surface area contributed by atoms with Crippen molar-refractivity contribution in [3.05, 3.63) is 23.0 Å². The summed E-state index contributed by atoms with van der Waals surface area (Å²) >= 11 is 1.42. The number of nitrogens with one attached hydrogen (secondary N) is 1.